The Morgan fingerprint density at radius 3 is 2.61 bits per heavy atom. The number of hydrogen-bond donors (Lipinski definition) is 1. The molecule has 2 nitrogen and oxygen atoms in total. The van der Waals surface area contributed by atoms with E-state index in [0.717, 1.165) is 13.1 Å². The van der Waals surface area contributed by atoms with Crippen LogP contribution in [0.1, 0.15) is 33.6 Å². The van der Waals surface area contributed by atoms with Crippen molar-refractivity contribution >= 4 is 5.69 Å². The zero-order valence-corrected chi connectivity index (χ0v) is 11.9. The summed E-state index contributed by atoms with van der Waals surface area (Å²) in [7, 11) is 0. The average Bonchev–Trinajstić information content (AvgIpc) is 2.40. The summed E-state index contributed by atoms with van der Waals surface area (Å²) in [5.41, 5.74) is 1.37. The van der Waals surface area contributed by atoms with Gasteiger partial charge in [-0.2, -0.15) is 0 Å². The van der Waals surface area contributed by atoms with Crippen molar-refractivity contribution in [2.75, 3.05) is 18.0 Å². The standard InChI is InChI=1S/C16H26N2/c1-4-8-14-12-18(15-9-6-5-7-10-15)16(11-17-14)13(2)3/h5-7,9-10,13-14,16-17H,4,8,11-12H2,1-3H3. The van der Waals surface area contributed by atoms with Crippen LogP contribution < -0.4 is 10.2 Å². The maximum atomic E-state index is 3.71. The highest BCUT2D eigenvalue weighted by Crippen LogP contribution is 2.24. The first-order chi connectivity index (χ1) is 8.72. The van der Waals surface area contributed by atoms with Gasteiger partial charge in [-0.3, -0.25) is 0 Å². The summed E-state index contributed by atoms with van der Waals surface area (Å²) in [6.45, 7) is 9.16. The highest BCUT2D eigenvalue weighted by Gasteiger charge is 2.29. The smallest absolute Gasteiger partial charge is 0.0438 e. The minimum absolute atomic E-state index is 0.612. The number of nitrogens with one attached hydrogen (secondary N) is 1. The summed E-state index contributed by atoms with van der Waals surface area (Å²) < 4.78 is 0. The average molecular weight is 246 g/mol. The van der Waals surface area contributed by atoms with E-state index in [4.69, 9.17) is 0 Å². The minimum atomic E-state index is 0.612. The van der Waals surface area contributed by atoms with Gasteiger partial charge >= 0.3 is 0 Å². The molecule has 0 bridgehead atoms. The van der Waals surface area contributed by atoms with Crippen LogP contribution in [0.2, 0.25) is 0 Å². The molecule has 0 radical (unpaired) electrons. The molecule has 1 aliphatic rings. The Bertz CT molecular complexity index is 347. The molecule has 100 valence electrons. The van der Waals surface area contributed by atoms with Crippen molar-refractivity contribution in [3.8, 4) is 0 Å². The van der Waals surface area contributed by atoms with Crippen molar-refractivity contribution in [2.45, 2.75) is 45.7 Å². The molecule has 1 aromatic rings. The van der Waals surface area contributed by atoms with Gasteiger partial charge in [-0.25, -0.2) is 0 Å². The molecule has 1 saturated heterocycles. The van der Waals surface area contributed by atoms with E-state index in [1.807, 2.05) is 0 Å². The molecular formula is C16H26N2. The van der Waals surface area contributed by atoms with E-state index >= 15 is 0 Å². The van der Waals surface area contributed by atoms with E-state index in [0.29, 0.717) is 18.0 Å². The van der Waals surface area contributed by atoms with Gasteiger partial charge in [0, 0.05) is 30.9 Å². The van der Waals surface area contributed by atoms with Gasteiger partial charge in [0.1, 0.15) is 0 Å². The summed E-state index contributed by atoms with van der Waals surface area (Å²) in [6, 6.07) is 12.1. The van der Waals surface area contributed by atoms with Crippen LogP contribution in [0.3, 0.4) is 0 Å². The van der Waals surface area contributed by atoms with Gasteiger partial charge in [0.15, 0.2) is 0 Å². The molecule has 18 heavy (non-hydrogen) atoms. The maximum absolute atomic E-state index is 3.71. The van der Waals surface area contributed by atoms with Crippen molar-refractivity contribution in [3.05, 3.63) is 30.3 Å². The summed E-state index contributed by atoms with van der Waals surface area (Å²) in [6.07, 6.45) is 2.53. The molecular weight excluding hydrogens is 220 g/mol. The fourth-order valence-corrected chi connectivity index (χ4v) is 2.89. The number of rotatable bonds is 4. The first kappa shape index (κ1) is 13.4. The van der Waals surface area contributed by atoms with Gasteiger partial charge in [0.05, 0.1) is 0 Å². The highest BCUT2D eigenvalue weighted by atomic mass is 15.2. The molecule has 0 spiro atoms. The second kappa shape index (κ2) is 6.24. The summed E-state index contributed by atoms with van der Waals surface area (Å²) >= 11 is 0. The van der Waals surface area contributed by atoms with Gasteiger partial charge in [-0.1, -0.05) is 45.4 Å². The molecule has 1 N–H and O–H groups in total. The second-order valence-corrected chi connectivity index (χ2v) is 5.69. The number of anilines is 1. The minimum Gasteiger partial charge on any atom is -0.365 e. The first-order valence-electron chi connectivity index (χ1n) is 7.27. The Balaban J connectivity index is 2.15. The fraction of sp³-hybridized carbons (Fsp3) is 0.625. The lowest BCUT2D eigenvalue weighted by Gasteiger charge is -2.44. The van der Waals surface area contributed by atoms with E-state index in [1.165, 1.54) is 18.5 Å². The van der Waals surface area contributed by atoms with E-state index in [-0.39, 0.29) is 0 Å². The first-order valence-corrected chi connectivity index (χ1v) is 7.27. The molecule has 1 aromatic carbocycles. The monoisotopic (exact) mass is 246 g/mol. The molecule has 1 fully saturated rings. The van der Waals surface area contributed by atoms with Crippen LogP contribution in [0.4, 0.5) is 5.69 Å². The second-order valence-electron chi connectivity index (χ2n) is 5.69. The molecule has 0 aromatic heterocycles. The van der Waals surface area contributed by atoms with Crippen LogP contribution in [0.5, 0.6) is 0 Å². The number of nitrogens with zero attached hydrogens (tertiary/aromatic N) is 1. The van der Waals surface area contributed by atoms with Gasteiger partial charge in [-0.15, -0.1) is 0 Å². The molecule has 2 atom stereocenters. The zero-order chi connectivity index (χ0) is 13.0. The quantitative estimate of drug-likeness (QED) is 0.877. The molecule has 0 aliphatic carbocycles. The Morgan fingerprint density at radius 2 is 2.00 bits per heavy atom. The van der Waals surface area contributed by atoms with E-state index in [1.54, 1.807) is 0 Å². The predicted molar refractivity (Wildman–Crippen MR) is 79.1 cm³/mol. The van der Waals surface area contributed by atoms with Crippen molar-refractivity contribution in [2.24, 2.45) is 5.92 Å². The van der Waals surface area contributed by atoms with Gasteiger partial charge in [0.25, 0.3) is 0 Å². The van der Waals surface area contributed by atoms with Crippen molar-refractivity contribution in [1.82, 2.24) is 5.32 Å². The molecule has 2 rings (SSSR count). The Kier molecular flexibility index (Phi) is 4.65. The topological polar surface area (TPSA) is 15.3 Å². The molecule has 2 heteroatoms. The van der Waals surface area contributed by atoms with Gasteiger partial charge in [0.2, 0.25) is 0 Å². The van der Waals surface area contributed by atoms with E-state index in [2.05, 4.69) is 61.3 Å². The molecule has 0 amide bonds. The van der Waals surface area contributed by atoms with Gasteiger partial charge < -0.3 is 10.2 Å². The third-order valence-electron chi connectivity index (χ3n) is 3.93. The van der Waals surface area contributed by atoms with Crippen LogP contribution in [0.15, 0.2) is 30.3 Å². The van der Waals surface area contributed by atoms with Crippen molar-refractivity contribution in [3.63, 3.8) is 0 Å². The summed E-state index contributed by atoms with van der Waals surface area (Å²) in [5, 5.41) is 3.71. The summed E-state index contributed by atoms with van der Waals surface area (Å²) in [5.74, 6) is 0.681. The third kappa shape index (κ3) is 3.05. The van der Waals surface area contributed by atoms with Crippen LogP contribution in [0, 0.1) is 5.92 Å². The Morgan fingerprint density at radius 1 is 1.28 bits per heavy atom. The third-order valence-corrected chi connectivity index (χ3v) is 3.93. The normalized spacial score (nSPS) is 24.6. The molecule has 0 saturated carbocycles. The van der Waals surface area contributed by atoms with Crippen LogP contribution in [0.25, 0.3) is 0 Å². The lowest BCUT2D eigenvalue weighted by atomic mass is 9.96. The predicted octanol–water partition coefficient (Wildman–Crippen LogP) is 3.29. The fourth-order valence-electron chi connectivity index (χ4n) is 2.89. The maximum Gasteiger partial charge on any atom is 0.0438 e. The van der Waals surface area contributed by atoms with Crippen molar-refractivity contribution < 1.29 is 0 Å². The summed E-state index contributed by atoms with van der Waals surface area (Å²) in [4.78, 5) is 2.60. The largest absolute Gasteiger partial charge is 0.365 e. The van der Waals surface area contributed by atoms with Crippen LogP contribution in [-0.4, -0.2) is 25.2 Å². The van der Waals surface area contributed by atoms with E-state index < -0.39 is 0 Å². The zero-order valence-electron chi connectivity index (χ0n) is 11.9. The number of benzene rings is 1. The Labute approximate surface area is 111 Å². The Hall–Kier alpha value is -1.02. The highest BCUT2D eigenvalue weighted by molar-refractivity contribution is 5.48. The number of para-hydroxylation sites is 1. The van der Waals surface area contributed by atoms with Gasteiger partial charge in [-0.05, 0) is 24.5 Å². The van der Waals surface area contributed by atoms with Crippen LogP contribution >= 0.6 is 0 Å². The SMILES string of the molecule is CCCC1CN(c2ccccc2)C(C(C)C)CN1. The van der Waals surface area contributed by atoms with E-state index in [9.17, 15) is 0 Å². The lowest BCUT2D eigenvalue weighted by molar-refractivity contribution is 0.327. The number of piperazine rings is 1. The molecule has 1 heterocycles. The molecule has 2 unspecified atom stereocenters. The van der Waals surface area contributed by atoms with Crippen LogP contribution in [-0.2, 0) is 0 Å². The number of hydrogen-bond acceptors (Lipinski definition) is 2. The van der Waals surface area contributed by atoms with Crippen molar-refractivity contribution in [1.29, 1.82) is 0 Å². The molecule has 1 aliphatic heterocycles. The lowest BCUT2D eigenvalue weighted by Crippen LogP contribution is -2.58.